The van der Waals surface area contributed by atoms with Crippen molar-refractivity contribution in [2.24, 2.45) is 0 Å². The summed E-state index contributed by atoms with van der Waals surface area (Å²) >= 11 is 4.37. The van der Waals surface area contributed by atoms with Gasteiger partial charge in [0, 0.05) is 17.0 Å². The van der Waals surface area contributed by atoms with Crippen LogP contribution in [0.4, 0.5) is 32.0 Å². The molecule has 0 aliphatic carbocycles. The summed E-state index contributed by atoms with van der Waals surface area (Å²) in [7, 11) is 0. The average Bonchev–Trinajstić information content (AvgIpc) is 2.36. The summed E-state index contributed by atoms with van der Waals surface area (Å²) in [5, 5.41) is 2.36. The number of rotatable bonds is 4. The summed E-state index contributed by atoms with van der Waals surface area (Å²) in [5.74, 6) is -0.513. The average molecular weight is 471 g/mol. The first-order valence-corrected chi connectivity index (χ1v) is 7.77. The monoisotopic (exact) mass is 469 g/mol. The number of hydrogen-bond donors (Lipinski definition) is 1. The lowest BCUT2D eigenvalue weighted by Crippen LogP contribution is -2.49. The van der Waals surface area contributed by atoms with Crippen molar-refractivity contribution in [3.05, 3.63) is 27.7 Å². The number of hydrogen-bond acceptors (Lipinski definition) is 1. The highest BCUT2D eigenvalue weighted by Gasteiger charge is 2.71. The third kappa shape index (κ3) is 3.84. The Hall–Kier alpha value is -0.770. The highest BCUT2D eigenvalue weighted by Crippen LogP contribution is 2.56. The van der Waals surface area contributed by atoms with Crippen LogP contribution in [0.15, 0.2) is 16.6 Å². The smallest absolute Gasteiger partial charge is 0.325 e. The van der Waals surface area contributed by atoms with Gasteiger partial charge in [-0.25, -0.2) is 4.39 Å². The van der Waals surface area contributed by atoms with Gasteiger partial charge in [-0.05, 0) is 56.0 Å². The number of benzene rings is 1. The number of anilines is 1. The van der Waals surface area contributed by atoms with Crippen molar-refractivity contribution < 1.29 is 31.1 Å². The molecule has 0 aliphatic heterocycles. The van der Waals surface area contributed by atoms with Gasteiger partial charge in [0.25, 0.3) is 0 Å². The molecule has 0 bridgehead atoms. The van der Waals surface area contributed by atoms with Crippen molar-refractivity contribution in [2.45, 2.75) is 36.9 Å². The summed E-state index contributed by atoms with van der Waals surface area (Å²) in [6, 6.07) is 1.24. The fourth-order valence-electron chi connectivity index (χ4n) is 1.95. The van der Waals surface area contributed by atoms with Gasteiger partial charge in [-0.3, -0.25) is 4.79 Å². The van der Waals surface area contributed by atoms with Gasteiger partial charge in [0.15, 0.2) is 0 Å². The molecule has 1 unspecified atom stereocenters. The first-order valence-electron chi connectivity index (χ1n) is 6.18. The van der Waals surface area contributed by atoms with Gasteiger partial charge in [0.2, 0.25) is 5.91 Å². The molecule has 2 nitrogen and oxygen atoms in total. The topological polar surface area (TPSA) is 29.1 Å². The highest BCUT2D eigenvalue weighted by molar-refractivity contribution is 9.10. The van der Waals surface area contributed by atoms with E-state index in [-0.39, 0.29) is 22.1 Å². The van der Waals surface area contributed by atoms with E-state index in [1.54, 1.807) is 0 Å². The number of halogens is 8. The molecule has 0 spiro atoms. The maximum Gasteiger partial charge on any atom is 0.433 e. The molecule has 0 heterocycles. The largest absolute Gasteiger partial charge is 0.433 e. The Labute approximate surface area is 144 Å². The molecule has 1 aromatic carbocycles. The molecule has 23 heavy (non-hydrogen) atoms. The van der Waals surface area contributed by atoms with Gasteiger partial charge in [-0.1, -0.05) is 6.92 Å². The van der Waals surface area contributed by atoms with Crippen molar-refractivity contribution in [3.63, 3.8) is 0 Å². The zero-order valence-electron chi connectivity index (χ0n) is 11.8. The van der Waals surface area contributed by atoms with E-state index < -0.39 is 28.1 Å². The molecule has 130 valence electrons. The molecule has 1 rings (SSSR count). The quantitative estimate of drug-likeness (QED) is 0.445. The molecule has 0 fully saturated rings. The van der Waals surface area contributed by atoms with Crippen molar-refractivity contribution >= 4 is 43.5 Å². The van der Waals surface area contributed by atoms with Crippen molar-refractivity contribution in [1.29, 1.82) is 0 Å². The number of aryl methyl sites for hydroxylation is 1. The van der Waals surface area contributed by atoms with Gasteiger partial charge in [0.1, 0.15) is 0 Å². The molecule has 0 saturated carbocycles. The van der Waals surface area contributed by atoms with Gasteiger partial charge in [-0.2, -0.15) is 22.0 Å². The number of alkyl halides is 7. The number of carbonyl (C=O) groups is 1. The third-order valence-corrected chi connectivity index (χ3v) is 4.20. The minimum absolute atomic E-state index is 0.0765. The maximum absolute atomic E-state index is 14.4. The van der Waals surface area contributed by atoms with E-state index in [2.05, 4.69) is 21.2 Å². The van der Waals surface area contributed by atoms with E-state index in [4.69, 9.17) is 0 Å². The third-order valence-electron chi connectivity index (χ3n) is 3.03. The van der Waals surface area contributed by atoms with Crippen LogP contribution in [0.5, 0.6) is 0 Å². The second-order valence-corrected chi connectivity index (χ2v) is 6.53. The van der Waals surface area contributed by atoms with Gasteiger partial charge in [-0.15, -0.1) is 0 Å². The molecule has 1 amide bonds. The lowest BCUT2D eigenvalue weighted by Gasteiger charge is -2.32. The first-order chi connectivity index (χ1) is 10.3. The summed E-state index contributed by atoms with van der Waals surface area (Å²) in [6.07, 6.45) is -5.77. The van der Waals surface area contributed by atoms with Gasteiger partial charge in [0.05, 0.1) is 5.69 Å². The fourth-order valence-corrected chi connectivity index (χ4v) is 3.00. The molecular formula is C13H11Br2F6NO. The molecule has 0 saturated heterocycles. The normalized spacial score (nSPS) is 15.2. The van der Waals surface area contributed by atoms with E-state index >= 15 is 0 Å². The van der Waals surface area contributed by atoms with Gasteiger partial charge >= 0.3 is 16.7 Å². The fraction of sp³-hybridized carbons (Fsp3) is 0.462. The molecule has 1 N–H and O–H groups in total. The molecule has 0 aromatic heterocycles. The Bertz CT molecular complexity index is 598. The van der Waals surface area contributed by atoms with Crippen LogP contribution in [0.3, 0.4) is 0 Å². The summed E-state index contributed by atoms with van der Waals surface area (Å²) in [6.45, 7) is 2.69. The Morgan fingerprint density at radius 3 is 2.04 bits per heavy atom. The highest BCUT2D eigenvalue weighted by atomic mass is 79.9. The summed E-state index contributed by atoms with van der Waals surface area (Å²) in [5.41, 5.74) is -6.02. The van der Waals surface area contributed by atoms with Crippen LogP contribution in [0.25, 0.3) is 0 Å². The zero-order chi connectivity index (χ0) is 18.2. The lowest BCUT2D eigenvalue weighted by molar-refractivity contribution is -0.282. The molecule has 10 heteroatoms. The lowest BCUT2D eigenvalue weighted by atomic mass is 9.92. The van der Waals surface area contributed by atoms with Crippen LogP contribution in [0.2, 0.25) is 0 Å². The Kier molecular flexibility index (Phi) is 5.83. The first kappa shape index (κ1) is 20.3. The van der Waals surface area contributed by atoms with E-state index in [9.17, 15) is 31.1 Å². The second-order valence-electron chi connectivity index (χ2n) is 4.68. The minimum atomic E-state index is -5.86. The van der Waals surface area contributed by atoms with Crippen LogP contribution in [0, 0.1) is 0 Å². The number of amides is 1. The number of nitrogens with one attached hydrogen (secondary N) is 1. The molecular weight excluding hydrogens is 460 g/mol. The SMILES string of the molecule is CCc1cc(C(F)(C(F)(F)F)C(F)(F)Br)cc(Br)c1NC(C)=O. The van der Waals surface area contributed by atoms with E-state index in [0.29, 0.717) is 12.1 Å². The predicted molar refractivity (Wildman–Crippen MR) is 80.5 cm³/mol. The predicted octanol–water partition coefficient (Wildman–Crippen LogP) is 5.68. The van der Waals surface area contributed by atoms with E-state index in [1.807, 2.05) is 0 Å². The molecule has 0 radical (unpaired) electrons. The van der Waals surface area contributed by atoms with Crippen LogP contribution in [0.1, 0.15) is 25.0 Å². The van der Waals surface area contributed by atoms with Crippen molar-refractivity contribution in [1.82, 2.24) is 0 Å². The molecule has 1 aromatic rings. The molecule has 1 atom stereocenters. The number of carbonyl (C=O) groups excluding carboxylic acids is 1. The standard InChI is InChI=1S/C13H11Br2F6NO/c1-3-7-4-8(5-9(14)10(7)22-6(2)23)11(16,12(15,17)18)13(19,20)21/h4-5H,3H2,1-2H3,(H,22,23). The van der Waals surface area contributed by atoms with Crippen LogP contribution in [-0.4, -0.2) is 16.9 Å². The van der Waals surface area contributed by atoms with Crippen molar-refractivity contribution in [2.75, 3.05) is 5.32 Å². The Balaban J connectivity index is 3.65. The zero-order valence-corrected chi connectivity index (χ0v) is 15.0. The minimum Gasteiger partial charge on any atom is -0.325 e. The van der Waals surface area contributed by atoms with Gasteiger partial charge < -0.3 is 5.32 Å². The summed E-state index contributed by atoms with van der Waals surface area (Å²) < 4.78 is 80.0. The Morgan fingerprint density at radius 1 is 1.17 bits per heavy atom. The molecule has 0 aliphatic rings. The second kappa shape index (κ2) is 6.62. The Morgan fingerprint density at radius 2 is 1.70 bits per heavy atom. The van der Waals surface area contributed by atoms with Crippen LogP contribution in [-0.2, 0) is 16.9 Å². The summed E-state index contributed by atoms with van der Waals surface area (Å²) in [4.78, 5) is 6.24. The maximum atomic E-state index is 14.4. The van der Waals surface area contributed by atoms with E-state index in [1.165, 1.54) is 29.8 Å². The van der Waals surface area contributed by atoms with Crippen LogP contribution < -0.4 is 5.32 Å². The van der Waals surface area contributed by atoms with Crippen molar-refractivity contribution in [3.8, 4) is 0 Å². The van der Waals surface area contributed by atoms with E-state index in [0.717, 1.165) is 0 Å². The van der Waals surface area contributed by atoms with Crippen LogP contribution >= 0.6 is 31.9 Å².